The number of benzene rings is 2. The molecule has 0 atom stereocenters. The second-order valence-electron chi connectivity index (χ2n) is 7.47. The molecule has 0 saturated carbocycles. The Morgan fingerprint density at radius 3 is 2.35 bits per heavy atom. The molecular weight excluding hydrogens is 416 g/mol. The third-order valence-electron chi connectivity index (χ3n) is 5.47. The van der Waals surface area contributed by atoms with Crippen molar-refractivity contribution in [3.8, 4) is 22.8 Å². The first-order valence-corrected chi connectivity index (χ1v) is 11.7. The Hall–Kier alpha value is -3.17. The lowest BCUT2D eigenvalue weighted by atomic mass is 10.1. The summed E-state index contributed by atoms with van der Waals surface area (Å²) < 4.78 is 37.8. The number of anilines is 1. The van der Waals surface area contributed by atoms with Crippen molar-refractivity contribution in [3.05, 3.63) is 66.2 Å². The second kappa shape index (κ2) is 8.16. The van der Waals surface area contributed by atoms with Crippen LogP contribution in [0, 0.1) is 0 Å². The smallest absolute Gasteiger partial charge is 0.231 e. The quantitative estimate of drug-likeness (QED) is 0.605. The highest BCUT2D eigenvalue weighted by Crippen LogP contribution is 2.35. The molecule has 160 valence electrons. The number of hydrogen-bond acceptors (Lipinski definition) is 7. The average Bonchev–Trinajstić information content (AvgIpc) is 3.28. The van der Waals surface area contributed by atoms with Crippen molar-refractivity contribution < 1.29 is 17.9 Å². The van der Waals surface area contributed by atoms with Crippen LogP contribution in [0.25, 0.3) is 11.3 Å². The zero-order chi connectivity index (χ0) is 21.3. The van der Waals surface area contributed by atoms with Gasteiger partial charge >= 0.3 is 0 Å². The van der Waals surface area contributed by atoms with Crippen LogP contribution in [0.1, 0.15) is 5.56 Å². The minimum absolute atomic E-state index is 0.0257. The van der Waals surface area contributed by atoms with Gasteiger partial charge in [-0.05, 0) is 35.9 Å². The summed E-state index contributed by atoms with van der Waals surface area (Å²) in [5.74, 6) is 2.20. The van der Waals surface area contributed by atoms with E-state index in [0.29, 0.717) is 31.9 Å². The molecule has 2 aromatic carbocycles. The van der Waals surface area contributed by atoms with E-state index >= 15 is 0 Å². The molecule has 0 N–H and O–H groups in total. The molecule has 0 radical (unpaired) electrons. The molecule has 0 unspecified atom stereocenters. The fourth-order valence-electron chi connectivity index (χ4n) is 3.78. The van der Waals surface area contributed by atoms with Crippen molar-refractivity contribution in [3.63, 3.8) is 0 Å². The van der Waals surface area contributed by atoms with Gasteiger partial charge in [0.1, 0.15) is 0 Å². The lowest BCUT2D eigenvalue weighted by Gasteiger charge is -2.34. The molecule has 1 saturated heterocycles. The van der Waals surface area contributed by atoms with Gasteiger partial charge in [0.15, 0.2) is 17.3 Å². The third-order valence-corrected chi connectivity index (χ3v) is 7.32. The summed E-state index contributed by atoms with van der Waals surface area (Å²) >= 11 is 0. The van der Waals surface area contributed by atoms with Gasteiger partial charge in [-0.2, -0.15) is 4.31 Å². The SMILES string of the molecule is O=S(=O)(Cc1ccccc1)N1CCN(c2ccc(-c3ccc4c(c3)OCO4)nn2)CC1. The molecule has 0 amide bonds. The van der Waals surface area contributed by atoms with Gasteiger partial charge in [-0.1, -0.05) is 30.3 Å². The second-order valence-corrected chi connectivity index (χ2v) is 9.44. The zero-order valence-electron chi connectivity index (χ0n) is 16.8. The molecule has 3 aromatic rings. The number of fused-ring (bicyclic) bond motifs is 1. The highest BCUT2D eigenvalue weighted by Gasteiger charge is 2.27. The summed E-state index contributed by atoms with van der Waals surface area (Å²) in [7, 11) is -3.34. The number of rotatable bonds is 5. The van der Waals surface area contributed by atoms with E-state index in [1.165, 1.54) is 0 Å². The Morgan fingerprint density at radius 2 is 1.61 bits per heavy atom. The topological polar surface area (TPSA) is 84.9 Å². The molecule has 31 heavy (non-hydrogen) atoms. The van der Waals surface area contributed by atoms with Crippen LogP contribution in [0.5, 0.6) is 11.5 Å². The molecule has 0 aliphatic carbocycles. The van der Waals surface area contributed by atoms with Gasteiger partial charge in [-0.25, -0.2) is 8.42 Å². The third kappa shape index (κ3) is 4.19. The molecule has 5 rings (SSSR count). The van der Waals surface area contributed by atoms with Gasteiger partial charge in [-0.3, -0.25) is 0 Å². The standard InChI is InChI=1S/C22H22N4O4S/c27-31(28,15-17-4-2-1-3-5-17)26-12-10-25(11-13-26)22-9-7-19(23-24-22)18-6-8-20-21(14-18)30-16-29-20/h1-9,14H,10-13,15-16H2. The first-order chi connectivity index (χ1) is 15.1. The van der Waals surface area contributed by atoms with E-state index in [1.807, 2.05) is 60.7 Å². The van der Waals surface area contributed by atoms with Gasteiger partial charge in [0.05, 0.1) is 11.4 Å². The Morgan fingerprint density at radius 1 is 0.839 bits per heavy atom. The molecule has 1 aromatic heterocycles. The number of sulfonamides is 1. The van der Waals surface area contributed by atoms with Crippen LogP contribution in [0.2, 0.25) is 0 Å². The lowest BCUT2D eigenvalue weighted by molar-refractivity contribution is 0.174. The Balaban J connectivity index is 1.23. The minimum atomic E-state index is -3.34. The number of nitrogens with zero attached hydrogens (tertiary/aromatic N) is 4. The molecule has 9 heteroatoms. The summed E-state index contributed by atoms with van der Waals surface area (Å²) in [5, 5.41) is 8.72. The number of piperazine rings is 1. The summed E-state index contributed by atoms with van der Waals surface area (Å²) in [6.45, 7) is 2.25. The number of ether oxygens (including phenoxy) is 2. The van der Waals surface area contributed by atoms with Crippen LogP contribution in [0.15, 0.2) is 60.7 Å². The number of aromatic nitrogens is 2. The molecule has 1 fully saturated rings. The van der Waals surface area contributed by atoms with E-state index in [9.17, 15) is 8.42 Å². The monoisotopic (exact) mass is 438 g/mol. The largest absolute Gasteiger partial charge is 0.454 e. The fraction of sp³-hybridized carbons (Fsp3) is 0.273. The van der Waals surface area contributed by atoms with Crippen molar-refractivity contribution >= 4 is 15.8 Å². The average molecular weight is 439 g/mol. The van der Waals surface area contributed by atoms with Crippen LogP contribution in [0.4, 0.5) is 5.82 Å². The fourth-order valence-corrected chi connectivity index (χ4v) is 5.29. The molecule has 2 aliphatic heterocycles. The Kier molecular flexibility index (Phi) is 5.21. The maximum absolute atomic E-state index is 12.7. The predicted octanol–water partition coefficient (Wildman–Crippen LogP) is 2.52. The van der Waals surface area contributed by atoms with Crippen molar-refractivity contribution in [1.29, 1.82) is 0 Å². The van der Waals surface area contributed by atoms with E-state index in [0.717, 1.165) is 28.4 Å². The predicted molar refractivity (Wildman–Crippen MR) is 116 cm³/mol. The van der Waals surface area contributed by atoms with Crippen LogP contribution in [0.3, 0.4) is 0 Å². The van der Waals surface area contributed by atoms with Gasteiger partial charge < -0.3 is 14.4 Å². The Bertz CT molecular complexity index is 1160. The van der Waals surface area contributed by atoms with Crippen molar-refractivity contribution in [2.24, 2.45) is 0 Å². The lowest BCUT2D eigenvalue weighted by Crippen LogP contribution is -2.49. The zero-order valence-corrected chi connectivity index (χ0v) is 17.7. The van der Waals surface area contributed by atoms with Gasteiger partial charge in [-0.15, -0.1) is 10.2 Å². The minimum Gasteiger partial charge on any atom is -0.454 e. The van der Waals surface area contributed by atoms with Crippen LogP contribution < -0.4 is 14.4 Å². The molecule has 3 heterocycles. The van der Waals surface area contributed by atoms with Gasteiger partial charge in [0.25, 0.3) is 0 Å². The number of hydrogen-bond donors (Lipinski definition) is 0. The van der Waals surface area contributed by atoms with E-state index in [4.69, 9.17) is 9.47 Å². The first kappa shape index (κ1) is 19.8. The van der Waals surface area contributed by atoms with Crippen molar-refractivity contribution in [2.45, 2.75) is 5.75 Å². The normalized spacial score (nSPS) is 16.5. The van der Waals surface area contributed by atoms with Gasteiger partial charge in [0, 0.05) is 31.7 Å². The van der Waals surface area contributed by atoms with E-state index in [1.54, 1.807) is 4.31 Å². The van der Waals surface area contributed by atoms with E-state index in [-0.39, 0.29) is 12.5 Å². The van der Waals surface area contributed by atoms with E-state index in [2.05, 4.69) is 15.1 Å². The summed E-state index contributed by atoms with van der Waals surface area (Å²) in [5.41, 5.74) is 2.45. The maximum Gasteiger partial charge on any atom is 0.231 e. The highest BCUT2D eigenvalue weighted by atomic mass is 32.2. The molecule has 8 nitrogen and oxygen atoms in total. The maximum atomic E-state index is 12.7. The van der Waals surface area contributed by atoms with E-state index < -0.39 is 10.0 Å². The van der Waals surface area contributed by atoms with Crippen LogP contribution in [-0.4, -0.2) is 55.9 Å². The summed E-state index contributed by atoms with van der Waals surface area (Å²) in [6.07, 6.45) is 0. The van der Waals surface area contributed by atoms with Crippen molar-refractivity contribution in [1.82, 2.24) is 14.5 Å². The molecule has 2 aliphatic rings. The first-order valence-electron chi connectivity index (χ1n) is 10.1. The molecule has 0 bridgehead atoms. The van der Waals surface area contributed by atoms with Crippen LogP contribution >= 0.6 is 0 Å². The molecule has 0 spiro atoms. The van der Waals surface area contributed by atoms with Crippen molar-refractivity contribution in [2.75, 3.05) is 37.9 Å². The van der Waals surface area contributed by atoms with Gasteiger partial charge in [0.2, 0.25) is 16.8 Å². The van der Waals surface area contributed by atoms with Crippen LogP contribution in [-0.2, 0) is 15.8 Å². The highest BCUT2D eigenvalue weighted by molar-refractivity contribution is 7.88. The Labute approximate surface area is 181 Å². The summed E-state index contributed by atoms with van der Waals surface area (Å²) in [4.78, 5) is 2.06. The summed E-state index contributed by atoms with van der Waals surface area (Å²) in [6, 6.07) is 18.8. The molecular formula is C22H22N4O4S.